The summed E-state index contributed by atoms with van der Waals surface area (Å²) in [5.41, 5.74) is 0. The van der Waals surface area contributed by atoms with Crippen molar-refractivity contribution in [2.24, 2.45) is 11.8 Å². The largest absolute Gasteiger partial charge is 0.103 e. The summed E-state index contributed by atoms with van der Waals surface area (Å²) in [6.45, 7) is 10.7. The Balaban J connectivity index is 3.86. The van der Waals surface area contributed by atoms with Gasteiger partial charge in [-0.15, -0.1) is 6.58 Å². The minimum Gasteiger partial charge on any atom is -0.103 e. The van der Waals surface area contributed by atoms with Gasteiger partial charge in [-0.2, -0.15) is 0 Å². The van der Waals surface area contributed by atoms with Crippen LogP contribution in [0.15, 0.2) is 12.7 Å². The fourth-order valence-electron chi connectivity index (χ4n) is 1.78. The lowest BCUT2D eigenvalue weighted by atomic mass is 9.85. The zero-order valence-corrected chi connectivity index (χ0v) is 8.27. The maximum absolute atomic E-state index is 3.88. The molecule has 0 aromatic rings. The van der Waals surface area contributed by atoms with E-state index >= 15 is 0 Å². The van der Waals surface area contributed by atoms with Crippen LogP contribution in [0, 0.1) is 11.8 Å². The minimum atomic E-state index is 0.750. The van der Waals surface area contributed by atoms with Gasteiger partial charge in [-0.05, 0) is 18.3 Å². The van der Waals surface area contributed by atoms with Crippen molar-refractivity contribution in [3.63, 3.8) is 0 Å². The van der Waals surface area contributed by atoms with Crippen LogP contribution in [0.1, 0.15) is 46.5 Å². The maximum Gasteiger partial charge on any atom is -0.0211 e. The average molecular weight is 154 g/mol. The molecule has 0 rings (SSSR count). The number of hydrogen-bond acceptors (Lipinski definition) is 0. The van der Waals surface area contributed by atoms with E-state index in [1.54, 1.807) is 0 Å². The zero-order chi connectivity index (χ0) is 8.69. The highest BCUT2D eigenvalue weighted by molar-refractivity contribution is 4.82. The van der Waals surface area contributed by atoms with E-state index in [-0.39, 0.29) is 0 Å². The SMILES string of the molecule is C=CC(CC)C(CC)CCC. The van der Waals surface area contributed by atoms with Crippen LogP contribution in [-0.4, -0.2) is 0 Å². The molecule has 0 aromatic heterocycles. The normalized spacial score (nSPS) is 15.9. The molecule has 0 N–H and O–H groups in total. The van der Waals surface area contributed by atoms with Crippen LogP contribution in [-0.2, 0) is 0 Å². The van der Waals surface area contributed by atoms with E-state index in [9.17, 15) is 0 Å². The Morgan fingerprint density at radius 3 is 2.09 bits per heavy atom. The molecular formula is C11H22. The Kier molecular flexibility index (Phi) is 6.30. The van der Waals surface area contributed by atoms with Crippen LogP contribution >= 0.6 is 0 Å². The highest BCUT2D eigenvalue weighted by atomic mass is 14.2. The monoisotopic (exact) mass is 154 g/mol. The fourth-order valence-corrected chi connectivity index (χ4v) is 1.78. The first-order valence-electron chi connectivity index (χ1n) is 4.92. The van der Waals surface area contributed by atoms with Crippen molar-refractivity contribution in [1.82, 2.24) is 0 Å². The summed E-state index contributed by atoms with van der Waals surface area (Å²) >= 11 is 0. The zero-order valence-electron chi connectivity index (χ0n) is 8.27. The Hall–Kier alpha value is -0.260. The summed E-state index contributed by atoms with van der Waals surface area (Å²) in [5.74, 6) is 1.63. The molecule has 0 amide bonds. The average Bonchev–Trinajstić information content (AvgIpc) is 2.05. The number of hydrogen-bond donors (Lipinski definition) is 0. The van der Waals surface area contributed by atoms with E-state index in [2.05, 4.69) is 33.4 Å². The first-order chi connectivity index (χ1) is 5.29. The van der Waals surface area contributed by atoms with Gasteiger partial charge < -0.3 is 0 Å². The highest BCUT2D eigenvalue weighted by Crippen LogP contribution is 2.24. The van der Waals surface area contributed by atoms with Crippen molar-refractivity contribution in [2.45, 2.75) is 46.5 Å². The van der Waals surface area contributed by atoms with Gasteiger partial charge in [-0.3, -0.25) is 0 Å². The number of allylic oxidation sites excluding steroid dienone is 1. The first kappa shape index (κ1) is 10.7. The van der Waals surface area contributed by atoms with Crippen molar-refractivity contribution in [3.8, 4) is 0 Å². The quantitative estimate of drug-likeness (QED) is 0.507. The summed E-state index contributed by atoms with van der Waals surface area (Å²) < 4.78 is 0. The molecule has 0 aromatic carbocycles. The molecule has 0 aliphatic carbocycles. The molecule has 0 aliphatic heterocycles. The molecule has 0 radical (unpaired) electrons. The Bertz CT molecular complexity index is 94.2. The minimum absolute atomic E-state index is 0.750. The van der Waals surface area contributed by atoms with Gasteiger partial charge in [0, 0.05) is 0 Å². The van der Waals surface area contributed by atoms with Gasteiger partial charge in [0.15, 0.2) is 0 Å². The van der Waals surface area contributed by atoms with Crippen molar-refractivity contribution >= 4 is 0 Å². The molecule has 0 bridgehead atoms. The lowest BCUT2D eigenvalue weighted by molar-refractivity contribution is 0.347. The standard InChI is InChI=1S/C11H22/c1-5-9-11(8-4)10(6-2)7-3/h6,10-11H,2,5,7-9H2,1,3-4H3. The molecule has 0 heteroatoms. The van der Waals surface area contributed by atoms with E-state index in [0.717, 1.165) is 11.8 Å². The van der Waals surface area contributed by atoms with Crippen molar-refractivity contribution in [2.75, 3.05) is 0 Å². The van der Waals surface area contributed by atoms with Crippen molar-refractivity contribution in [1.29, 1.82) is 0 Å². The van der Waals surface area contributed by atoms with E-state index in [4.69, 9.17) is 0 Å². The summed E-state index contributed by atoms with van der Waals surface area (Å²) in [4.78, 5) is 0. The topological polar surface area (TPSA) is 0 Å². The summed E-state index contributed by atoms with van der Waals surface area (Å²) in [7, 11) is 0. The molecule has 0 nitrogen and oxygen atoms in total. The van der Waals surface area contributed by atoms with E-state index < -0.39 is 0 Å². The van der Waals surface area contributed by atoms with Crippen LogP contribution in [0.2, 0.25) is 0 Å². The van der Waals surface area contributed by atoms with E-state index in [0.29, 0.717) is 0 Å². The molecular weight excluding hydrogens is 132 g/mol. The maximum atomic E-state index is 3.88. The molecule has 0 spiro atoms. The summed E-state index contributed by atoms with van der Waals surface area (Å²) in [6, 6.07) is 0. The fraction of sp³-hybridized carbons (Fsp3) is 0.818. The predicted molar refractivity (Wildman–Crippen MR) is 52.7 cm³/mol. The third-order valence-corrected chi connectivity index (χ3v) is 2.56. The molecule has 0 saturated carbocycles. The Morgan fingerprint density at radius 1 is 1.18 bits per heavy atom. The molecule has 0 fully saturated rings. The van der Waals surface area contributed by atoms with Gasteiger partial charge in [0.2, 0.25) is 0 Å². The molecule has 0 saturated heterocycles. The second-order valence-corrected chi connectivity index (χ2v) is 3.26. The van der Waals surface area contributed by atoms with Crippen LogP contribution < -0.4 is 0 Å². The van der Waals surface area contributed by atoms with Gasteiger partial charge in [0.05, 0.1) is 0 Å². The number of rotatable bonds is 6. The van der Waals surface area contributed by atoms with Crippen LogP contribution in [0.4, 0.5) is 0 Å². The molecule has 2 unspecified atom stereocenters. The lowest BCUT2D eigenvalue weighted by Gasteiger charge is -2.21. The third-order valence-electron chi connectivity index (χ3n) is 2.56. The van der Waals surface area contributed by atoms with Gasteiger partial charge in [0.25, 0.3) is 0 Å². The smallest absolute Gasteiger partial charge is 0.0211 e. The van der Waals surface area contributed by atoms with Gasteiger partial charge in [0.1, 0.15) is 0 Å². The van der Waals surface area contributed by atoms with Crippen molar-refractivity contribution in [3.05, 3.63) is 12.7 Å². The summed E-state index contributed by atoms with van der Waals surface area (Å²) in [5, 5.41) is 0. The third kappa shape index (κ3) is 3.60. The second kappa shape index (κ2) is 6.45. The van der Waals surface area contributed by atoms with Gasteiger partial charge in [-0.25, -0.2) is 0 Å². The second-order valence-electron chi connectivity index (χ2n) is 3.26. The lowest BCUT2D eigenvalue weighted by Crippen LogP contribution is -2.10. The van der Waals surface area contributed by atoms with Crippen molar-refractivity contribution < 1.29 is 0 Å². The molecule has 0 aliphatic rings. The summed E-state index contributed by atoms with van der Waals surface area (Å²) in [6.07, 6.45) is 7.36. The van der Waals surface area contributed by atoms with Gasteiger partial charge in [-0.1, -0.05) is 46.1 Å². The van der Waals surface area contributed by atoms with E-state index in [1.807, 2.05) is 0 Å². The first-order valence-corrected chi connectivity index (χ1v) is 4.92. The Labute approximate surface area is 71.7 Å². The molecule has 66 valence electrons. The highest BCUT2D eigenvalue weighted by Gasteiger charge is 2.13. The van der Waals surface area contributed by atoms with Crippen LogP contribution in [0.3, 0.4) is 0 Å². The van der Waals surface area contributed by atoms with E-state index in [1.165, 1.54) is 25.7 Å². The molecule has 11 heavy (non-hydrogen) atoms. The Morgan fingerprint density at radius 2 is 1.82 bits per heavy atom. The van der Waals surface area contributed by atoms with Crippen LogP contribution in [0.5, 0.6) is 0 Å². The van der Waals surface area contributed by atoms with Crippen LogP contribution in [0.25, 0.3) is 0 Å². The molecule has 2 atom stereocenters. The van der Waals surface area contributed by atoms with Gasteiger partial charge >= 0.3 is 0 Å². The molecule has 0 heterocycles. The predicted octanol–water partition coefficient (Wildman–Crippen LogP) is 4.02.